The van der Waals surface area contributed by atoms with Gasteiger partial charge in [-0.05, 0) is 25.5 Å². The molecule has 0 aliphatic heterocycles. The summed E-state index contributed by atoms with van der Waals surface area (Å²) in [6, 6.07) is 5.61. The summed E-state index contributed by atoms with van der Waals surface area (Å²) in [4.78, 5) is 11.6. The van der Waals surface area contributed by atoms with Crippen molar-refractivity contribution < 1.29 is 19.0 Å². The van der Waals surface area contributed by atoms with Crippen molar-refractivity contribution in [3.05, 3.63) is 30.1 Å². The number of ether oxygens (including phenoxy) is 1. The zero-order chi connectivity index (χ0) is 15.7. The molecule has 0 saturated heterocycles. The van der Waals surface area contributed by atoms with Gasteiger partial charge in [-0.15, -0.1) is 0 Å². The molecule has 0 aliphatic carbocycles. The largest absolute Gasteiger partial charge is 0.488 e. The van der Waals surface area contributed by atoms with Gasteiger partial charge < -0.3 is 20.5 Å². The molecule has 1 aromatic carbocycles. The van der Waals surface area contributed by atoms with Crippen molar-refractivity contribution in [3.63, 3.8) is 0 Å². The Bertz CT molecular complexity index is 443. The van der Waals surface area contributed by atoms with Crippen LogP contribution in [0.2, 0.25) is 0 Å². The van der Waals surface area contributed by atoms with Crippen LogP contribution in [-0.2, 0) is 4.79 Å². The van der Waals surface area contributed by atoms with E-state index in [0.29, 0.717) is 6.54 Å². The number of nitrogens with one attached hydrogen (secondary N) is 2. The van der Waals surface area contributed by atoms with Crippen molar-refractivity contribution in [3.8, 4) is 5.75 Å². The fourth-order valence-electron chi connectivity index (χ4n) is 1.61. The molecule has 0 spiro atoms. The normalized spacial score (nSPS) is 13.5. The molecule has 1 amide bonds. The van der Waals surface area contributed by atoms with Crippen molar-refractivity contribution in [2.24, 2.45) is 0 Å². The predicted molar refractivity (Wildman–Crippen MR) is 78.7 cm³/mol. The number of carbonyl (C=O) groups is 1. The van der Waals surface area contributed by atoms with Gasteiger partial charge in [-0.1, -0.05) is 19.1 Å². The van der Waals surface area contributed by atoms with Gasteiger partial charge in [-0.25, -0.2) is 4.39 Å². The zero-order valence-electron chi connectivity index (χ0n) is 12.4. The molecular weight excluding hydrogens is 275 g/mol. The van der Waals surface area contributed by atoms with Crippen LogP contribution in [0, 0.1) is 5.82 Å². The van der Waals surface area contributed by atoms with Gasteiger partial charge in [-0.2, -0.15) is 0 Å². The van der Waals surface area contributed by atoms with E-state index in [4.69, 9.17) is 4.74 Å². The summed E-state index contributed by atoms with van der Waals surface area (Å²) in [5, 5.41) is 15.4. The van der Waals surface area contributed by atoms with Crippen LogP contribution < -0.4 is 15.4 Å². The van der Waals surface area contributed by atoms with Gasteiger partial charge in [0, 0.05) is 13.1 Å². The lowest BCUT2D eigenvalue weighted by atomic mass is 10.2. The lowest BCUT2D eigenvalue weighted by Gasteiger charge is -2.17. The minimum atomic E-state index is -0.828. The first kappa shape index (κ1) is 17.4. The van der Waals surface area contributed by atoms with E-state index >= 15 is 0 Å². The molecule has 0 radical (unpaired) electrons. The van der Waals surface area contributed by atoms with E-state index in [-0.39, 0.29) is 24.8 Å². The Morgan fingerprint density at radius 2 is 2.14 bits per heavy atom. The number of aliphatic hydroxyl groups is 1. The third-order valence-corrected chi connectivity index (χ3v) is 2.87. The van der Waals surface area contributed by atoms with Crippen molar-refractivity contribution >= 4 is 5.91 Å². The zero-order valence-corrected chi connectivity index (χ0v) is 12.4. The highest BCUT2D eigenvalue weighted by Crippen LogP contribution is 2.15. The standard InChI is InChI=1S/C15H23FN2O3/c1-3-8-17-15(20)11(2)18-9-12(19)10-21-14-7-5-4-6-13(14)16/h4-7,11-12,18-19H,3,8-10H2,1-2H3,(H,17,20). The number of carbonyl (C=O) groups excluding carboxylic acids is 1. The Balaban J connectivity index is 2.26. The maximum Gasteiger partial charge on any atom is 0.236 e. The first-order valence-corrected chi connectivity index (χ1v) is 7.11. The third kappa shape index (κ3) is 6.55. The van der Waals surface area contributed by atoms with Crippen LogP contribution in [0.5, 0.6) is 5.75 Å². The number of rotatable bonds is 9. The Morgan fingerprint density at radius 3 is 2.81 bits per heavy atom. The fraction of sp³-hybridized carbons (Fsp3) is 0.533. The van der Waals surface area contributed by atoms with Crippen molar-refractivity contribution in [2.75, 3.05) is 19.7 Å². The average molecular weight is 298 g/mol. The number of hydrogen-bond donors (Lipinski definition) is 3. The van der Waals surface area contributed by atoms with Crippen LogP contribution >= 0.6 is 0 Å². The predicted octanol–water partition coefficient (Wildman–Crippen LogP) is 1.07. The maximum absolute atomic E-state index is 13.3. The van der Waals surface area contributed by atoms with Gasteiger partial charge in [-0.3, -0.25) is 4.79 Å². The van der Waals surface area contributed by atoms with E-state index in [1.54, 1.807) is 19.1 Å². The van der Waals surface area contributed by atoms with Crippen molar-refractivity contribution in [2.45, 2.75) is 32.4 Å². The summed E-state index contributed by atoms with van der Waals surface area (Å²) in [7, 11) is 0. The second kappa shape index (κ2) is 9.31. The summed E-state index contributed by atoms with van der Waals surface area (Å²) in [6.07, 6.45) is 0.0448. The van der Waals surface area contributed by atoms with Gasteiger partial charge in [0.05, 0.1) is 6.04 Å². The van der Waals surface area contributed by atoms with Gasteiger partial charge in [0.2, 0.25) is 5.91 Å². The van der Waals surface area contributed by atoms with Gasteiger partial charge in [0.15, 0.2) is 11.6 Å². The molecule has 2 atom stereocenters. The number of para-hydroxylation sites is 1. The van der Waals surface area contributed by atoms with E-state index < -0.39 is 18.0 Å². The van der Waals surface area contributed by atoms with E-state index in [0.717, 1.165) is 6.42 Å². The van der Waals surface area contributed by atoms with Gasteiger partial charge >= 0.3 is 0 Å². The molecule has 3 N–H and O–H groups in total. The molecular formula is C15H23FN2O3. The average Bonchev–Trinajstić information content (AvgIpc) is 2.49. The molecule has 0 heterocycles. The molecule has 0 bridgehead atoms. The van der Waals surface area contributed by atoms with Crippen LogP contribution in [-0.4, -0.2) is 42.9 Å². The first-order chi connectivity index (χ1) is 10.0. The Morgan fingerprint density at radius 1 is 1.43 bits per heavy atom. The van der Waals surface area contributed by atoms with Gasteiger partial charge in [0.25, 0.3) is 0 Å². The van der Waals surface area contributed by atoms with Crippen molar-refractivity contribution in [1.82, 2.24) is 10.6 Å². The number of amides is 1. The highest BCUT2D eigenvalue weighted by Gasteiger charge is 2.14. The number of hydrogen-bond acceptors (Lipinski definition) is 4. The SMILES string of the molecule is CCCNC(=O)C(C)NCC(O)COc1ccccc1F. The second-order valence-electron chi connectivity index (χ2n) is 4.82. The molecule has 5 nitrogen and oxygen atoms in total. The molecule has 6 heteroatoms. The number of aliphatic hydroxyl groups excluding tert-OH is 1. The Labute approximate surface area is 124 Å². The lowest BCUT2D eigenvalue weighted by Crippen LogP contribution is -2.45. The molecule has 0 saturated carbocycles. The number of halogens is 1. The second-order valence-corrected chi connectivity index (χ2v) is 4.82. The summed E-state index contributed by atoms with van der Waals surface area (Å²) >= 11 is 0. The van der Waals surface area contributed by atoms with Gasteiger partial charge in [0.1, 0.15) is 12.7 Å². The van der Waals surface area contributed by atoms with Crippen LogP contribution in [0.15, 0.2) is 24.3 Å². The highest BCUT2D eigenvalue weighted by molar-refractivity contribution is 5.81. The van der Waals surface area contributed by atoms with Crippen LogP contribution in [0.25, 0.3) is 0 Å². The number of benzene rings is 1. The topological polar surface area (TPSA) is 70.6 Å². The van der Waals surface area contributed by atoms with Crippen LogP contribution in [0.3, 0.4) is 0 Å². The Hall–Kier alpha value is -1.66. The quantitative estimate of drug-likeness (QED) is 0.638. The molecule has 1 rings (SSSR count). The maximum atomic E-state index is 13.3. The summed E-state index contributed by atoms with van der Waals surface area (Å²) in [5.74, 6) is -0.477. The third-order valence-electron chi connectivity index (χ3n) is 2.87. The fourth-order valence-corrected chi connectivity index (χ4v) is 1.61. The molecule has 1 aromatic rings. The summed E-state index contributed by atoms with van der Waals surface area (Å²) < 4.78 is 18.5. The monoisotopic (exact) mass is 298 g/mol. The van der Waals surface area contributed by atoms with E-state index in [2.05, 4.69) is 10.6 Å². The van der Waals surface area contributed by atoms with E-state index in [9.17, 15) is 14.3 Å². The molecule has 0 fully saturated rings. The smallest absolute Gasteiger partial charge is 0.236 e. The summed E-state index contributed by atoms with van der Waals surface area (Å²) in [5.41, 5.74) is 0. The van der Waals surface area contributed by atoms with Crippen molar-refractivity contribution in [1.29, 1.82) is 0 Å². The van der Waals surface area contributed by atoms with E-state index in [1.165, 1.54) is 12.1 Å². The Kier molecular flexibility index (Phi) is 7.71. The van der Waals surface area contributed by atoms with Crippen LogP contribution in [0.1, 0.15) is 20.3 Å². The highest BCUT2D eigenvalue weighted by atomic mass is 19.1. The molecule has 21 heavy (non-hydrogen) atoms. The van der Waals surface area contributed by atoms with E-state index in [1.807, 2.05) is 6.92 Å². The minimum Gasteiger partial charge on any atom is -0.488 e. The molecule has 118 valence electrons. The first-order valence-electron chi connectivity index (χ1n) is 7.11. The minimum absolute atomic E-state index is 0.0444. The molecule has 2 unspecified atom stereocenters. The summed E-state index contributed by atoms with van der Waals surface area (Å²) in [6.45, 7) is 4.47. The molecule has 0 aromatic heterocycles. The molecule has 0 aliphatic rings. The van der Waals surface area contributed by atoms with Crippen LogP contribution in [0.4, 0.5) is 4.39 Å². The lowest BCUT2D eigenvalue weighted by molar-refractivity contribution is -0.122.